The van der Waals surface area contributed by atoms with Crippen molar-refractivity contribution >= 4 is 27.7 Å². The second-order valence-corrected chi connectivity index (χ2v) is 5.91. The van der Waals surface area contributed by atoms with Crippen LogP contribution in [0.1, 0.15) is 18.5 Å². The number of carbonyl (C=O) groups excluding carboxylic acids is 2. The van der Waals surface area contributed by atoms with E-state index in [9.17, 15) is 9.59 Å². The van der Waals surface area contributed by atoms with Crippen LogP contribution in [-0.4, -0.2) is 34.3 Å². The van der Waals surface area contributed by atoms with Gasteiger partial charge in [-0.05, 0) is 46.8 Å². The molecule has 19 heavy (non-hydrogen) atoms. The van der Waals surface area contributed by atoms with Crippen molar-refractivity contribution < 1.29 is 9.59 Å². The highest BCUT2D eigenvalue weighted by atomic mass is 79.9. The summed E-state index contributed by atoms with van der Waals surface area (Å²) in [6.45, 7) is 0.499. The van der Waals surface area contributed by atoms with Crippen LogP contribution in [0.5, 0.6) is 0 Å². The molecule has 0 aromatic carbocycles. The molecule has 2 aliphatic rings. The zero-order valence-electron chi connectivity index (χ0n) is 10.3. The molecule has 0 bridgehead atoms. The van der Waals surface area contributed by atoms with E-state index in [0.717, 1.165) is 23.0 Å². The van der Waals surface area contributed by atoms with E-state index in [-0.39, 0.29) is 24.4 Å². The summed E-state index contributed by atoms with van der Waals surface area (Å²) in [5.41, 5.74) is 0.803. The van der Waals surface area contributed by atoms with Crippen molar-refractivity contribution in [3.63, 3.8) is 0 Å². The number of hydrogen-bond acceptors (Lipinski definition) is 3. The maximum absolute atomic E-state index is 12.0. The molecule has 1 aromatic rings. The SMILES string of the molecule is O=C1NCC(=O)N(Cc2ccc(Br)cn2)C1C1CC1. The molecule has 1 saturated carbocycles. The highest BCUT2D eigenvalue weighted by molar-refractivity contribution is 9.10. The zero-order valence-corrected chi connectivity index (χ0v) is 11.9. The van der Waals surface area contributed by atoms with Crippen LogP contribution in [0, 0.1) is 5.92 Å². The molecule has 2 fully saturated rings. The molecule has 3 rings (SSSR count). The summed E-state index contributed by atoms with van der Waals surface area (Å²) in [7, 11) is 0. The molecular weight excluding hydrogens is 310 g/mol. The van der Waals surface area contributed by atoms with Crippen LogP contribution in [0.25, 0.3) is 0 Å². The van der Waals surface area contributed by atoms with Crippen molar-refractivity contribution in [1.29, 1.82) is 0 Å². The van der Waals surface area contributed by atoms with E-state index in [2.05, 4.69) is 26.2 Å². The Labute approximate surface area is 119 Å². The van der Waals surface area contributed by atoms with E-state index < -0.39 is 0 Å². The summed E-state index contributed by atoms with van der Waals surface area (Å²) in [6.07, 6.45) is 3.75. The Balaban J connectivity index is 1.81. The topological polar surface area (TPSA) is 62.3 Å². The lowest BCUT2D eigenvalue weighted by Gasteiger charge is -2.34. The molecule has 1 unspecified atom stereocenters. The quantitative estimate of drug-likeness (QED) is 0.905. The molecule has 2 heterocycles. The van der Waals surface area contributed by atoms with Gasteiger partial charge in [-0.15, -0.1) is 0 Å². The van der Waals surface area contributed by atoms with Crippen molar-refractivity contribution in [2.45, 2.75) is 25.4 Å². The number of carbonyl (C=O) groups is 2. The van der Waals surface area contributed by atoms with Crippen LogP contribution in [0.2, 0.25) is 0 Å². The molecule has 100 valence electrons. The second-order valence-electron chi connectivity index (χ2n) is 4.99. The largest absolute Gasteiger partial charge is 0.345 e. The molecule has 1 N–H and O–H groups in total. The average molecular weight is 324 g/mol. The number of hydrogen-bond donors (Lipinski definition) is 1. The Kier molecular flexibility index (Phi) is 3.26. The lowest BCUT2D eigenvalue weighted by Crippen LogP contribution is -2.58. The normalized spacial score (nSPS) is 23.4. The predicted molar refractivity (Wildman–Crippen MR) is 72.0 cm³/mol. The lowest BCUT2D eigenvalue weighted by molar-refractivity contribution is -0.147. The fourth-order valence-corrected chi connectivity index (χ4v) is 2.64. The van der Waals surface area contributed by atoms with E-state index in [1.807, 2.05) is 12.1 Å². The van der Waals surface area contributed by atoms with Gasteiger partial charge in [0.15, 0.2) is 0 Å². The van der Waals surface area contributed by atoms with Gasteiger partial charge in [-0.3, -0.25) is 14.6 Å². The molecule has 1 aromatic heterocycles. The summed E-state index contributed by atoms with van der Waals surface area (Å²) < 4.78 is 0.901. The summed E-state index contributed by atoms with van der Waals surface area (Å²) in [4.78, 5) is 29.9. The van der Waals surface area contributed by atoms with Crippen molar-refractivity contribution in [3.8, 4) is 0 Å². The molecule has 1 saturated heterocycles. The van der Waals surface area contributed by atoms with E-state index in [4.69, 9.17) is 0 Å². The Morgan fingerprint density at radius 3 is 2.79 bits per heavy atom. The average Bonchev–Trinajstić information content (AvgIpc) is 3.21. The highest BCUT2D eigenvalue weighted by Gasteiger charge is 2.44. The molecule has 0 radical (unpaired) electrons. The number of aromatic nitrogens is 1. The first kappa shape index (κ1) is 12.6. The van der Waals surface area contributed by atoms with Gasteiger partial charge in [0.25, 0.3) is 0 Å². The number of amides is 2. The van der Waals surface area contributed by atoms with Gasteiger partial charge in [0, 0.05) is 10.7 Å². The first-order valence-electron chi connectivity index (χ1n) is 6.33. The number of halogens is 1. The van der Waals surface area contributed by atoms with Crippen molar-refractivity contribution in [2.75, 3.05) is 6.54 Å². The van der Waals surface area contributed by atoms with Gasteiger partial charge >= 0.3 is 0 Å². The van der Waals surface area contributed by atoms with Crippen LogP contribution in [0.3, 0.4) is 0 Å². The second kappa shape index (κ2) is 4.92. The molecule has 1 aliphatic carbocycles. The van der Waals surface area contributed by atoms with Crippen LogP contribution in [0.15, 0.2) is 22.8 Å². The Bertz CT molecular complexity index is 513. The maximum atomic E-state index is 12.0. The zero-order chi connectivity index (χ0) is 13.4. The molecule has 2 amide bonds. The molecular formula is C13H14BrN3O2. The van der Waals surface area contributed by atoms with Crippen molar-refractivity contribution in [1.82, 2.24) is 15.2 Å². The summed E-state index contributed by atoms with van der Waals surface area (Å²) >= 11 is 3.33. The molecule has 1 aliphatic heterocycles. The highest BCUT2D eigenvalue weighted by Crippen LogP contribution is 2.36. The fraction of sp³-hybridized carbons (Fsp3) is 0.462. The number of pyridine rings is 1. The van der Waals surface area contributed by atoms with Gasteiger partial charge in [-0.2, -0.15) is 0 Å². The van der Waals surface area contributed by atoms with E-state index in [1.54, 1.807) is 11.1 Å². The van der Waals surface area contributed by atoms with Crippen LogP contribution in [-0.2, 0) is 16.1 Å². The smallest absolute Gasteiger partial charge is 0.243 e. The minimum atomic E-state index is -0.313. The summed E-state index contributed by atoms with van der Waals surface area (Å²) in [5, 5.41) is 2.67. The molecule has 0 spiro atoms. The third-order valence-electron chi connectivity index (χ3n) is 3.53. The molecule has 6 heteroatoms. The Morgan fingerprint density at radius 2 is 2.16 bits per heavy atom. The standard InChI is InChI=1S/C13H14BrN3O2/c14-9-3-4-10(15-5-9)7-17-11(18)6-16-13(19)12(17)8-1-2-8/h3-5,8,12H,1-2,6-7H2,(H,16,19). The first-order chi connectivity index (χ1) is 9.15. The Morgan fingerprint density at radius 1 is 1.37 bits per heavy atom. The monoisotopic (exact) mass is 323 g/mol. The maximum Gasteiger partial charge on any atom is 0.243 e. The van der Waals surface area contributed by atoms with Crippen molar-refractivity contribution in [3.05, 3.63) is 28.5 Å². The van der Waals surface area contributed by atoms with Gasteiger partial charge in [0.2, 0.25) is 11.8 Å². The minimum absolute atomic E-state index is 0.0266. The van der Waals surface area contributed by atoms with E-state index in [1.165, 1.54) is 0 Å². The number of nitrogens with one attached hydrogen (secondary N) is 1. The summed E-state index contributed by atoms with van der Waals surface area (Å²) in [5.74, 6) is 0.264. The van der Waals surface area contributed by atoms with Crippen LogP contribution < -0.4 is 5.32 Å². The number of nitrogens with zero attached hydrogens (tertiary/aromatic N) is 2. The number of rotatable bonds is 3. The van der Waals surface area contributed by atoms with Gasteiger partial charge in [0.1, 0.15) is 6.04 Å². The van der Waals surface area contributed by atoms with Gasteiger partial charge in [-0.25, -0.2) is 0 Å². The van der Waals surface area contributed by atoms with Crippen LogP contribution in [0.4, 0.5) is 0 Å². The predicted octanol–water partition coefficient (Wildman–Crippen LogP) is 1.08. The van der Waals surface area contributed by atoms with Gasteiger partial charge < -0.3 is 10.2 Å². The Hall–Kier alpha value is -1.43. The minimum Gasteiger partial charge on any atom is -0.345 e. The van der Waals surface area contributed by atoms with E-state index in [0.29, 0.717) is 12.5 Å². The fourth-order valence-electron chi connectivity index (χ4n) is 2.41. The number of piperazine rings is 1. The molecule has 1 atom stereocenters. The third-order valence-corrected chi connectivity index (χ3v) is 4.00. The summed E-state index contributed by atoms with van der Waals surface area (Å²) in [6, 6.07) is 3.45. The van der Waals surface area contributed by atoms with Gasteiger partial charge in [0.05, 0.1) is 18.8 Å². The first-order valence-corrected chi connectivity index (χ1v) is 7.12. The van der Waals surface area contributed by atoms with Crippen molar-refractivity contribution in [2.24, 2.45) is 5.92 Å². The van der Waals surface area contributed by atoms with Gasteiger partial charge in [-0.1, -0.05) is 0 Å². The van der Waals surface area contributed by atoms with E-state index >= 15 is 0 Å². The lowest BCUT2D eigenvalue weighted by atomic mass is 10.1. The van der Waals surface area contributed by atoms with Crippen LogP contribution >= 0.6 is 15.9 Å². The molecule has 5 nitrogen and oxygen atoms in total. The third kappa shape index (κ3) is 2.63.